The molecule has 0 atom stereocenters. The van der Waals surface area contributed by atoms with Gasteiger partial charge < -0.3 is 9.47 Å². The van der Waals surface area contributed by atoms with Crippen molar-refractivity contribution < 1.29 is 19.2 Å². The minimum atomic E-state index is -0.635. The summed E-state index contributed by atoms with van der Waals surface area (Å²) in [5.41, 5.74) is 0.102. The van der Waals surface area contributed by atoms with Gasteiger partial charge in [0.05, 0.1) is 22.6 Å². The quantitative estimate of drug-likeness (QED) is 0.374. The Hall–Kier alpha value is -2.60. The second-order valence-corrected chi connectivity index (χ2v) is 4.40. The molecule has 0 N–H and O–H groups in total. The maximum atomic E-state index is 12.0. The summed E-state index contributed by atoms with van der Waals surface area (Å²) < 4.78 is 10.1. The number of hydrogen-bond donors (Lipinski definition) is 0. The van der Waals surface area contributed by atoms with E-state index in [-0.39, 0.29) is 22.0 Å². The SMILES string of the molecule is COc1cccc(C(=O)Oc2ccc([N+](=O)[O-])cc2Cl)c1. The number of methoxy groups -OCH3 is 1. The molecule has 6 nitrogen and oxygen atoms in total. The van der Waals surface area contributed by atoms with E-state index in [0.717, 1.165) is 6.07 Å². The number of rotatable bonds is 4. The average molecular weight is 308 g/mol. The van der Waals surface area contributed by atoms with Crippen LogP contribution >= 0.6 is 11.6 Å². The lowest BCUT2D eigenvalue weighted by Crippen LogP contribution is -2.09. The third-order valence-corrected chi connectivity index (χ3v) is 2.93. The van der Waals surface area contributed by atoms with Crippen LogP contribution in [0.5, 0.6) is 11.5 Å². The molecule has 0 saturated heterocycles. The van der Waals surface area contributed by atoms with Gasteiger partial charge in [0.2, 0.25) is 0 Å². The number of nitrogens with zero attached hydrogens (tertiary/aromatic N) is 1. The molecule has 0 saturated carbocycles. The van der Waals surface area contributed by atoms with Crippen molar-refractivity contribution in [1.82, 2.24) is 0 Å². The highest BCUT2D eigenvalue weighted by Crippen LogP contribution is 2.29. The molecule has 21 heavy (non-hydrogen) atoms. The first kappa shape index (κ1) is 14.8. The number of carbonyl (C=O) groups is 1. The number of hydrogen-bond acceptors (Lipinski definition) is 5. The second kappa shape index (κ2) is 6.23. The molecular formula is C14H10ClNO5. The summed E-state index contributed by atoms with van der Waals surface area (Å²) in [5.74, 6) is -0.0704. The summed E-state index contributed by atoms with van der Waals surface area (Å²) in [6, 6.07) is 10.0. The molecule has 0 amide bonds. The zero-order chi connectivity index (χ0) is 15.4. The van der Waals surface area contributed by atoms with Crippen LogP contribution in [0.15, 0.2) is 42.5 Å². The lowest BCUT2D eigenvalue weighted by atomic mass is 10.2. The van der Waals surface area contributed by atoms with Crippen molar-refractivity contribution in [3.8, 4) is 11.5 Å². The standard InChI is InChI=1S/C14H10ClNO5/c1-20-11-4-2-3-9(7-11)14(17)21-13-6-5-10(16(18)19)8-12(13)15/h2-8H,1H3. The second-order valence-electron chi connectivity index (χ2n) is 3.99. The van der Waals surface area contributed by atoms with Gasteiger partial charge in [-0.15, -0.1) is 0 Å². The first-order valence-electron chi connectivity index (χ1n) is 5.81. The van der Waals surface area contributed by atoms with Crippen molar-refractivity contribution in [3.63, 3.8) is 0 Å². The largest absolute Gasteiger partial charge is 0.497 e. The van der Waals surface area contributed by atoms with Gasteiger partial charge in [0, 0.05) is 12.1 Å². The van der Waals surface area contributed by atoms with E-state index < -0.39 is 10.9 Å². The van der Waals surface area contributed by atoms with Gasteiger partial charge in [0.1, 0.15) is 11.5 Å². The zero-order valence-electron chi connectivity index (χ0n) is 10.9. The molecule has 0 bridgehead atoms. The summed E-state index contributed by atoms with van der Waals surface area (Å²) in [6.45, 7) is 0. The van der Waals surface area contributed by atoms with E-state index in [9.17, 15) is 14.9 Å². The van der Waals surface area contributed by atoms with E-state index in [2.05, 4.69) is 0 Å². The van der Waals surface area contributed by atoms with Gasteiger partial charge in [0.25, 0.3) is 5.69 Å². The number of nitro groups is 1. The molecule has 0 aliphatic heterocycles. The van der Waals surface area contributed by atoms with Crippen molar-refractivity contribution in [1.29, 1.82) is 0 Å². The lowest BCUT2D eigenvalue weighted by Gasteiger charge is -2.07. The molecule has 0 unspecified atom stereocenters. The molecule has 7 heteroatoms. The molecule has 0 spiro atoms. The Bertz CT molecular complexity index is 702. The van der Waals surface area contributed by atoms with Gasteiger partial charge in [-0.05, 0) is 24.3 Å². The van der Waals surface area contributed by atoms with Crippen LogP contribution in [-0.2, 0) is 0 Å². The topological polar surface area (TPSA) is 78.7 Å². The average Bonchev–Trinajstić information content (AvgIpc) is 2.49. The molecule has 0 aliphatic carbocycles. The Balaban J connectivity index is 2.21. The fourth-order valence-electron chi connectivity index (χ4n) is 1.59. The minimum absolute atomic E-state index is 0.0135. The summed E-state index contributed by atoms with van der Waals surface area (Å²) in [7, 11) is 1.48. The number of benzene rings is 2. The van der Waals surface area contributed by atoms with Crippen LogP contribution in [0.4, 0.5) is 5.69 Å². The van der Waals surface area contributed by atoms with Crippen molar-refractivity contribution in [2.24, 2.45) is 0 Å². The van der Waals surface area contributed by atoms with Gasteiger partial charge >= 0.3 is 5.97 Å². The lowest BCUT2D eigenvalue weighted by molar-refractivity contribution is -0.384. The Labute approximate surface area is 125 Å². The normalized spacial score (nSPS) is 10.0. The minimum Gasteiger partial charge on any atom is -0.497 e. The first-order chi connectivity index (χ1) is 10.0. The highest BCUT2D eigenvalue weighted by Gasteiger charge is 2.15. The molecular weight excluding hydrogens is 298 g/mol. The number of nitro benzene ring substituents is 1. The van der Waals surface area contributed by atoms with Crippen LogP contribution < -0.4 is 9.47 Å². The fraction of sp³-hybridized carbons (Fsp3) is 0.0714. The smallest absolute Gasteiger partial charge is 0.343 e. The zero-order valence-corrected chi connectivity index (χ0v) is 11.7. The van der Waals surface area contributed by atoms with Gasteiger partial charge in [-0.3, -0.25) is 10.1 Å². The third kappa shape index (κ3) is 3.49. The summed E-state index contributed by atoms with van der Waals surface area (Å²) in [6.07, 6.45) is 0. The fourth-order valence-corrected chi connectivity index (χ4v) is 1.81. The Morgan fingerprint density at radius 1 is 1.24 bits per heavy atom. The van der Waals surface area contributed by atoms with E-state index in [0.29, 0.717) is 5.75 Å². The van der Waals surface area contributed by atoms with E-state index in [1.807, 2.05) is 0 Å². The van der Waals surface area contributed by atoms with Crippen LogP contribution in [0.3, 0.4) is 0 Å². The molecule has 0 heterocycles. The highest BCUT2D eigenvalue weighted by atomic mass is 35.5. The van der Waals surface area contributed by atoms with Crippen LogP contribution in [0, 0.1) is 10.1 Å². The number of halogens is 1. The Kier molecular flexibility index (Phi) is 4.39. The molecule has 2 aromatic carbocycles. The number of ether oxygens (including phenoxy) is 2. The Morgan fingerprint density at radius 3 is 2.62 bits per heavy atom. The van der Waals surface area contributed by atoms with E-state index in [4.69, 9.17) is 21.1 Å². The maximum absolute atomic E-state index is 12.0. The molecule has 2 aromatic rings. The van der Waals surface area contributed by atoms with E-state index in [1.54, 1.807) is 18.2 Å². The van der Waals surface area contributed by atoms with Crippen molar-refractivity contribution >= 4 is 23.3 Å². The van der Waals surface area contributed by atoms with Gasteiger partial charge in [-0.25, -0.2) is 4.79 Å². The van der Waals surface area contributed by atoms with Crippen LogP contribution in [0.1, 0.15) is 10.4 Å². The van der Waals surface area contributed by atoms with Crippen molar-refractivity contribution in [2.45, 2.75) is 0 Å². The molecule has 0 radical (unpaired) electrons. The first-order valence-corrected chi connectivity index (χ1v) is 6.19. The van der Waals surface area contributed by atoms with Gasteiger partial charge in [0.15, 0.2) is 0 Å². The predicted octanol–water partition coefficient (Wildman–Crippen LogP) is 3.48. The maximum Gasteiger partial charge on any atom is 0.343 e. The number of esters is 1. The highest BCUT2D eigenvalue weighted by molar-refractivity contribution is 6.32. The summed E-state index contributed by atoms with van der Waals surface area (Å²) in [5, 5.41) is 10.6. The summed E-state index contributed by atoms with van der Waals surface area (Å²) in [4.78, 5) is 22.0. The third-order valence-electron chi connectivity index (χ3n) is 2.63. The van der Waals surface area contributed by atoms with Crippen molar-refractivity contribution in [3.05, 3.63) is 63.2 Å². The van der Waals surface area contributed by atoms with E-state index in [1.165, 1.54) is 25.3 Å². The predicted molar refractivity (Wildman–Crippen MR) is 76.1 cm³/mol. The summed E-state index contributed by atoms with van der Waals surface area (Å²) >= 11 is 5.86. The molecule has 0 fully saturated rings. The molecule has 2 rings (SSSR count). The van der Waals surface area contributed by atoms with Crippen LogP contribution in [-0.4, -0.2) is 18.0 Å². The number of carbonyl (C=O) groups excluding carboxylic acids is 1. The molecule has 108 valence electrons. The van der Waals surface area contributed by atoms with Crippen LogP contribution in [0.2, 0.25) is 5.02 Å². The van der Waals surface area contributed by atoms with Gasteiger partial charge in [-0.2, -0.15) is 0 Å². The molecule has 0 aromatic heterocycles. The van der Waals surface area contributed by atoms with E-state index >= 15 is 0 Å². The Morgan fingerprint density at radius 2 is 2.00 bits per heavy atom. The van der Waals surface area contributed by atoms with Gasteiger partial charge in [-0.1, -0.05) is 17.7 Å². The molecule has 0 aliphatic rings. The monoisotopic (exact) mass is 307 g/mol. The van der Waals surface area contributed by atoms with Crippen molar-refractivity contribution in [2.75, 3.05) is 7.11 Å². The van der Waals surface area contributed by atoms with Crippen LogP contribution in [0.25, 0.3) is 0 Å². The number of non-ortho nitro benzene ring substituents is 1.